The van der Waals surface area contributed by atoms with Gasteiger partial charge in [-0.25, -0.2) is 4.79 Å². The molecule has 2 atom stereocenters. The minimum atomic E-state index is -0.369. The van der Waals surface area contributed by atoms with Gasteiger partial charge in [-0.3, -0.25) is 4.79 Å². The van der Waals surface area contributed by atoms with Crippen LogP contribution in [0.2, 0.25) is 0 Å². The van der Waals surface area contributed by atoms with Crippen LogP contribution in [0.1, 0.15) is 46.1 Å². The fourth-order valence-electron chi connectivity index (χ4n) is 3.14. The Morgan fingerprint density at radius 1 is 1.16 bits per heavy atom. The van der Waals surface area contributed by atoms with E-state index in [1.807, 2.05) is 37.3 Å². The van der Waals surface area contributed by atoms with Gasteiger partial charge in [0.15, 0.2) is 0 Å². The SMILES string of the molecule is COC(=O)c1ccc([C@H](C)NC(=O)[C@@H]2NCCc3ccccc32)cc1. The van der Waals surface area contributed by atoms with Crippen LogP contribution in [-0.4, -0.2) is 25.5 Å². The van der Waals surface area contributed by atoms with Gasteiger partial charge >= 0.3 is 5.97 Å². The number of rotatable bonds is 4. The molecule has 2 aromatic rings. The van der Waals surface area contributed by atoms with Gasteiger partial charge in [-0.2, -0.15) is 0 Å². The number of carbonyl (C=O) groups excluding carboxylic acids is 2. The lowest BCUT2D eigenvalue weighted by molar-refractivity contribution is -0.124. The van der Waals surface area contributed by atoms with Gasteiger partial charge in [0, 0.05) is 6.54 Å². The normalized spacial score (nSPS) is 17.3. The van der Waals surface area contributed by atoms with Crippen LogP contribution in [0, 0.1) is 0 Å². The number of nitrogens with one attached hydrogen (secondary N) is 2. The molecule has 2 N–H and O–H groups in total. The summed E-state index contributed by atoms with van der Waals surface area (Å²) in [5.41, 5.74) is 3.69. The summed E-state index contributed by atoms with van der Waals surface area (Å²) in [5.74, 6) is -0.414. The Balaban J connectivity index is 1.70. The Hall–Kier alpha value is -2.66. The second-order valence-electron chi connectivity index (χ2n) is 6.18. The summed E-state index contributed by atoms with van der Waals surface area (Å²) in [6.45, 7) is 2.72. The quantitative estimate of drug-likeness (QED) is 0.841. The van der Waals surface area contributed by atoms with E-state index in [1.165, 1.54) is 12.7 Å². The van der Waals surface area contributed by atoms with Crippen molar-refractivity contribution in [3.8, 4) is 0 Å². The minimum Gasteiger partial charge on any atom is -0.465 e. The molecular weight excluding hydrogens is 316 g/mol. The van der Waals surface area contributed by atoms with Gasteiger partial charge in [0.2, 0.25) is 5.91 Å². The monoisotopic (exact) mass is 338 g/mol. The van der Waals surface area contributed by atoms with E-state index >= 15 is 0 Å². The van der Waals surface area contributed by atoms with E-state index in [-0.39, 0.29) is 24.0 Å². The molecule has 1 aliphatic heterocycles. The second-order valence-corrected chi connectivity index (χ2v) is 6.18. The molecular formula is C20H22N2O3. The highest BCUT2D eigenvalue weighted by Crippen LogP contribution is 2.24. The number of fused-ring (bicyclic) bond motifs is 1. The van der Waals surface area contributed by atoms with Gasteiger partial charge in [-0.15, -0.1) is 0 Å². The van der Waals surface area contributed by atoms with Crippen LogP contribution < -0.4 is 10.6 Å². The molecule has 3 rings (SSSR count). The van der Waals surface area contributed by atoms with Crippen molar-refractivity contribution in [1.29, 1.82) is 0 Å². The first-order chi connectivity index (χ1) is 12.1. The lowest BCUT2D eigenvalue weighted by Crippen LogP contribution is -2.42. The van der Waals surface area contributed by atoms with E-state index in [4.69, 9.17) is 4.74 Å². The average molecular weight is 338 g/mol. The molecule has 1 aliphatic rings. The predicted molar refractivity (Wildman–Crippen MR) is 95.2 cm³/mol. The molecule has 0 unspecified atom stereocenters. The van der Waals surface area contributed by atoms with Crippen LogP contribution in [-0.2, 0) is 16.0 Å². The van der Waals surface area contributed by atoms with E-state index in [0.29, 0.717) is 5.56 Å². The van der Waals surface area contributed by atoms with Gasteiger partial charge < -0.3 is 15.4 Å². The fraction of sp³-hybridized carbons (Fsp3) is 0.300. The number of hydrogen-bond acceptors (Lipinski definition) is 4. The Labute approximate surface area is 147 Å². The molecule has 1 amide bonds. The molecule has 5 heteroatoms. The van der Waals surface area contributed by atoms with Crippen LogP contribution in [0.15, 0.2) is 48.5 Å². The molecule has 5 nitrogen and oxygen atoms in total. The number of benzene rings is 2. The second kappa shape index (κ2) is 7.49. The maximum absolute atomic E-state index is 12.7. The molecule has 0 radical (unpaired) electrons. The van der Waals surface area contributed by atoms with E-state index in [1.54, 1.807) is 12.1 Å². The largest absolute Gasteiger partial charge is 0.465 e. The summed E-state index contributed by atoms with van der Waals surface area (Å²) in [6, 6.07) is 14.6. The van der Waals surface area contributed by atoms with Crippen molar-refractivity contribution < 1.29 is 14.3 Å². The third-order valence-electron chi connectivity index (χ3n) is 4.56. The Morgan fingerprint density at radius 3 is 2.60 bits per heavy atom. The summed E-state index contributed by atoms with van der Waals surface area (Å²) >= 11 is 0. The summed E-state index contributed by atoms with van der Waals surface area (Å²) in [5, 5.41) is 6.34. The summed E-state index contributed by atoms with van der Waals surface area (Å²) in [4.78, 5) is 24.2. The molecule has 0 fully saturated rings. The maximum atomic E-state index is 12.7. The fourth-order valence-corrected chi connectivity index (χ4v) is 3.14. The third-order valence-corrected chi connectivity index (χ3v) is 4.56. The van der Waals surface area contributed by atoms with Crippen molar-refractivity contribution in [2.24, 2.45) is 0 Å². The van der Waals surface area contributed by atoms with Crippen LogP contribution >= 0.6 is 0 Å². The molecule has 2 aromatic carbocycles. The molecule has 0 bridgehead atoms. The zero-order valence-corrected chi connectivity index (χ0v) is 14.4. The van der Waals surface area contributed by atoms with Gasteiger partial charge in [-0.05, 0) is 42.2 Å². The Bertz CT molecular complexity index is 771. The standard InChI is InChI=1S/C20H22N2O3/c1-13(14-7-9-16(10-8-14)20(24)25-2)22-19(23)18-17-6-4-3-5-15(17)11-12-21-18/h3-10,13,18,21H,11-12H2,1-2H3,(H,22,23)/t13-,18+/m0/s1. The first-order valence-electron chi connectivity index (χ1n) is 8.40. The lowest BCUT2D eigenvalue weighted by Gasteiger charge is -2.27. The van der Waals surface area contributed by atoms with Crippen LogP contribution in [0.4, 0.5) is 0 Å². The van der Waals surface area contributed by atoms with E-state index in [0.717, 1.165) is 24.1 Å². The van der Waals surface area contributed by atoms with Crippen molar-refractivity contribution in [2.75, 3.05) is 13.7 Å². The van der Waals surface area contributed by atoms with Gasteiger partial charge in [0.1, 0.15) is 6.04 Å². The number of methoxy groups -OCH3 is 1. The van der Waals surface area contributed by atoms with E-state index in [9.17, 15) is 9.59 Å². The first kappa shape index (κ1) is 17.2. The summed E-state index contributed by atoms with van der Waals surface area (Å²) in [6.07, 6.45) is 0.935. The number of hydrogen-bond donors (Lipinski definition) is 2. The van der Waals surface area contributed by atoms with Gasteiger partial charge in [0.05, 0.1) is 18.7 Å². The van der Waals surface area contributed by atoms with Crippen molar-refractivity contribution in [3.05, 3.63) is 70.8 Å². The molecule has 0 saturated carbocycles. The van der Waals surface area contributed by atoms with Gasteiger partial charge in [0.25, 0.3) is 0 Å². The average Bonchev–Trinajstić information content (AvgIpc) is 2.66. The zero-order valence-electron chi connectivity index (χ0n) is 14.4. The number of esters is 1. The Morgan fingerprint density at radius 2 is 1.88 bits per heavy atom. The van der Waals surface area contributed by atoms with Crippen molar-refractivity contribution >= 4 is 11.9 Å². The van der Waals surface area contributed by atoms with Crippen molar-refractivity contribution in [1.82, 2.24) is 10.6 Å². The third kappa shape index (κ3) is 3.72. The van der Waals surface area contributed by atoms with E-state index < -0.39 is 0 Å². The number of amides is 1. The molecule has 0 spiro atoms. The predicted octanol–water partition coefficient (Wildman–Crippen LogP) is 2.54. The first-order valence-corrected chi connectivity index (χ1v) is 8.40. The summed E-state index contributed by atoms with van der Waals surface area (Å²) < 4.78 is 4.70. The van der Waals surface area contributed by atoms with Gasteiger partial charge in [-0.1, -0.05) is 36.4 Å². The highest BCUT2D eigenvalue weighted by molar-refractivity contribution is 5.89. The summed E-state index contributed by atoms with van der Waals surface area (Å²) in [7, 11) is 1.36. The highest BCUT2D eigenvalue weighted by atomic mass is 16.5. The van der Waals surface area contributed by atoms with Crippen molar-refractivity contribution in [3.63, 3.8) is 0 Å². The minimum absolute atomic E-state index is 0.0447. The smallest absolute Gasteiger partial charge is 0.337 e. The van der Waals surface area contributed by atoms with Crippen LogP contribution in [0.3, 0.4) is 0 Å². The molecule has 25 heavy (non-hydrogen) atoms. The molecule has 1 heterocycles. The molecule has 0 saturated heterocycles. The van der Waals surface area contributed by atoms with Crippen molar-refractivity contribution in [2.45, 2.75) is 25.4 Å². The molecule has 130 valence electrons. The maximum Gasteiger partial charge on any atom is 0.337 e. The Kier molecular flexibility index (Phi) is 5.14. The molecule has 0 aliphatic carbocycles. The topological polar surface area (TPSA) is 67.4 Å². The lowest BCUT2D eigenvalue weighted by atomic mass is 9.93. The molecule has 0 aromatic heterocycles. The van der Waals surface area contributed by atoms with E-state index in [2.05, 4.69) is 16.7 Å². The number of carbonyl (C=O) groups is 2. The van der Waals surface area contributed by atoms with Crippen LogP contribution in [0.25, 0.3) is 0 Å². The zero-order chi connectivity index (χ0) is 17.8. The number of ether oxygens (including phenoxy) is 1. The highest BCUT2D eigenvalue weighted by Gasteiger charge is 2.26. The van der Waals surface area contributed by atoms with Crippen LogP contribution in [0.5, 0.6) is 0 Å².